The van der Waals surface area contributed by atoms with Gasteiger partial charge in [-0.05, 0) is 28.4 Å². The highest BCUT2D eigenvalue weighted by molar-refractivity contribution is 7.16. The molecular weight excluding hydrogens is 531 g/mol. The second kappa shape index (κ2) is 12.5. The minimum absolute atomic E-state index is 0.0334. The first kappa shape index (κ1) is 29.6. The molecule has 214 valence electrons. The lowest BCUT2D eigenvalue weighted by Crippen LogP contribution is -2.83. The molecule has 6 heteroatoms. The lowest BCUT2D eigenvalue weighted by Gasteiger charge is -2.62. The van der Waals surface area contributed by atoms with Crippen LogP contribution in [0.4, 0.5) is 0 Å². The van der Waals surface area contributed by atoms with Crippen LogP contribution in [0.2, 0.25) is 0 Å². The highest BCUT2D eigenvalue weighted by Crippen LogP contribution is 2.51. The summed E-state index contributed by atoms with van der Waals surface area (Å²) in [4.78, 5) is 0. The maximum atomic E-state index is 13.1. The Morgan fingerprint density at radius 2 is 0.976 bits per heavy atom. The fourth-order valence-electron chi connectivity index (χ4n) is 6.42. The molecule has 4 N–H and O–H groups in total. The van der Waals surface area contributed by atoms with Gasteiger partial charge in [0.25, 0.3) is 0 Å². The quantitative estimate of drug-likeness (QED) is 0.215. The van der Waals surface area contributed by atoms with E-state index in [2.05, 4.69) is 9.24 Å². The van der Waals surface area contributed by atoms with Gasteiger partial charge in [0, 0.05) is 25.7 Å². The predicted octanol–water partition coefficient (Wildman–Crippen LogP) is 4.15. The Bertz CT molecular complexity index is 1370. The van der Waals surface area contributed by atoms with Gasteiger partial charge in [0.15, 0.2) is 0 Å². The molecule has 0 amide bonds. The van der Waals surface area contributed by atoms with Gasteiger partial charge < -0.3 is 25.2 Å². The van der Waals surface area contributed by atoms with Crippen molar-refractivity contribution in [2.45, 2.75) is 60.8 Å². The van der Waals surface area contributed by atoms with Crippen molar-refractivity contribution >= 4 is 9.24 Å². The smallest absolute Gasteiger partial charge is 0.132 e. The largest absolute Gasteiger partial charge is 0.390 e. The van der Waals surface area contributed by atoms with E-state index in [4.69, 9.17) is 4.74 Å². The van der Waals surface area contributed by atoms with Gasteiger partial charge in [0.2, 0.25) is 0 Å². The van der Waals surface area contributed by atoms with E-state index < -0.39 is 35.1 Å². The summed E-state index contributed by atoms with van der Waals surface area (Å²) in [5.41, 5.74) is -2.89. The molecule has 1 heterocycles. The van der Waals surface area contributed by atoms with E-state index in [-0.39, 0.29) is 31.8 Å². The van der Waals surface area contributed by atoms with Crippen molar-refractivity contribution in [2.75, 3.05) is 6.16 Å². The van der Waals surface area contributed by atoms with Gasteiger partial charge in [0.1, 0.15) is 22.9 Å². The van der Waals surface area contributed by atoms with Crippen molar-refractivity contribution in [2.24, 2.45) is 0 Å². The molecule has 5 nitrogen and oxygen atoms in total. The zero-order chi connectivity index (χ0) is 28.9. The summed E-state index contributed by atoms with van der Waals surface area (Å²) in [6.45, 7) is 0. The lowest BCUT2D eigenvalue weighted by molar-refractivity contribution is -0.361. The van der Waals surface area contributed by atoms with E-state index >= 15 is 0 Å². The van der Waals surface area contributed by atoms with E-state index in [0.717, 1.165) is 22.3 Å². The first-order valence-corrected chi connectivity index (χ1v) is 15.0. The molecule has 0 aliphatic carbocycles. The zero-order valence-electron chi connectivity index (χ0n) is 23.1. The van der Waals surface area contributed by atoms with Crippen LogP contribution in [-0.4, -0.2) is 61.7 Å². The maximum absolute atomic E-state index is 13.1. The number of aliphatic hydroxyl groups is 4. The van der Waals surface area contributed by atoms with Crippen LogP contribution in [0.1, 0.15) is 22.3 Å². The monoisotopic (exact) mass is 570 g/mol. The highest BCUT2D eigenvalue weighted by Gasteiger charge is 2.71. The third-order valence-electron chi connectivity index (χ3n) is 8.53. The average molecular weight is 571 g/mol. The topological polar surface area (TPSA) is 90.2 Å². The summed E-state index contributed by atoms with van der Waals surface area (Å²) in [6, 6.07) is 37.8. The van der Waals surface area contributed by atoms with Crippen LogP contribution in [-0.2, 0) is 30.4 Å². The molecule has 41 heavy (non-hydrogen) atoms. The maximum Gasteiger partial charge on any atom is 0.132 e. The number of hydrogen-bond acceptors (Lipinski definition) is 5. The van der Waals surface area contributed by atoms with Gasteiger partial charge >= 0.3 is 0 Å². The molecule has 1 fully saturated rings. The normalized spacial score (nSPS) is 28.7. The fraction of sp³-hybridized carbons (Fsp3) is 0.314. The van der Waals surface area contributed by atoms with E-state index in [9.17, 15) is 20.4 Å². The highest BCUT2D eigenvalue weighted by atomic mass is 31.0. The van der Waals surface area contributed by atoms with Crippen molar-refractivity contribution in [1.29, 1.82) is 0 Å². The van der Waals surface area contributed by atoms with Crippen molar-refractivity contribution in [3.05, 3.63) is 144 Å². The molecule has 0 saturated carbocycles. The number of benzene rings is 4. The van der Waals surface area contributed by atoms with Gasteiger partial charge in [-0.25, -0.2) is 0 Å². The van der Waals surface area contributed by atoms with Crippen molar-refractivity contribution in [3.8, 4) is 0 Å². The average Bonchev–Trinajstić information content (AvgIpc) is 2.98. The van der Waals surface area contributed by atoms with Crippen LogP contribution in [0.5, 0.6) is 0 Å². The molecule has 1 aliphatic rings. The third kappa shape index (κ3) is 5.89. The number of aliphatic hydroxyl groups excluding tert-OH is 1. The Labute approximate surface area is 244 Å². The molecule has 0 spiro atoms. The first-order chi connectivity index (χ1) is 19.8. The van der Waals surface area contributed by atoms with Crippen LogP contribution in [0.15, 0.2) is 121 Å². The second-order valence-corrected chi connectivity index (χ2v) is 11.7. The molecule has 4 aromatic carbocycles. The number of rotatable bonds is 10. The lowest BCUT2D eigenvalue weighted by atomic mass is 9.57. The molecule has 1 aliphatic heterocycles. The molecule has 0 radical (unpaired) electrons. The molecule has 1 saturated heterocycles. The standard InChI is InChI=1S/C35H39O5P/c36-30(21-26-13-5-1-6-14-26)32-34(38,23-28-17-9-3-10-18-28)35(39,24-29-19-11-4-12-20-29)33(37,31(25-41)40-32)22-27-15-7-2-8-16-27/h1-20,30-32,36-39H,21-25,41H2/t30?,31-,32+,33-,34-,35+/m0/s1. The van der Waals surface area contributed by atoms with Crippen LogP contribution in [0.3, 0.4) is 0 Å². The SMILES string of the molecule is OC(Cc1ccccc1)[C@H]1O[C@@H](CP)[C@@](O)(Cc2ccccc2)[C@](O)(Cc2ccccc2)[C@]1(O)Cc1ccccc1. The summed E-state index contributed by atoms with van der Waals surface area (Å²) in [5, 5.41) is 50.5. The minimum Gasteiger partial charge on any atom is -0.390 e. The van der Waals surface area contributed by atoms with Crippen LogP contribution < -0.4 is 0 Å². The van der Waals surface area contributed by atoms with E-state index in [1.54, 1.807) is 0 Å². The summed E-state index contributed by atoms with van der Waals surface area (Å²) in [6.07, 6.45) is -2.77. The molecule has 7 atom stereocenters. The van der Waals surface area contributed by atoms with Crippen LogP contribution >= 0.6 is 9.24 Å². The zero-order valence-corrected chi connectivity index (χ0v) is 24.2. The Kier molecular flexibility index (Phi) is 9.06. The van der Waals surface area contributed by atoms with Gasteiger partial charge in [-0.3, -0.25) is 0 Å². The van der Waals surface area contributed by atoms with Gasteiger partial charge in [-0.1, -0.05) is 121 Å². The molecule has 2 unspecified atom stereocenters. The Hall–Kier alpha value is -2.89. The molecule has 5 rings (SSSR count). The molecular formula is C35H39O5P. The molecule has 0 aromatic heterocycles. The number of hydrogen-bond donors (Lipinski definition) is 4. The fourth-order valence-corrected chi connectivity index (χ4v) is 6.92. The summed E-state index contributed by atoms with van der Waals surface area (Å²) in [5.74, 6) is 0. The van der Waals surface area contributed by atoms with Gasteiger partial charge in [0.05, 0.1) is 12.2 Å². The summed E-state index contributed by atoms with van der Waals surface area (Å²) < 4.78 is 6.55. The van der Waals surface area contributed by atoms with Gasteiger partial charge in [-0.15, -0.1) is 9.24 Å². The van der Waals surface area contributed by atoms with E-state index in [0.29, 0.717) is 0 Å². The predicted molar refractivity (Wildman–Crippen MR) is 165 cm³/mol. The molecule has 4 aromatic rings. The Balaban J connectivity index is 1.68. The minimum atomic E-state index is -2.12. The van der Waals surface area contributed by atoms with E-state index in [1.165, 1.54) is 0 Å². The van der Waals surface area contributed by atoms with E-state index in [1.807, 2.05) is 121 Å². The van der Waals surface area contributed by atoms with Crippen molar-refractivity contribution in [1.82, 2.24) is 0 Å². The Morgan fingerprint density at radius 3 is 1.41 bits per heavy atom. The Morgan fingerprint density at radius 1 is 0.585 bits per heavy atom. The summed E-state index contributed by atoms with van der Waals surface area (Å²) >= 11 is 0. The van der Waals surface area contributed by atoms with Crippen LogP contribution in [0, 0.1) is 0 Å². The van der Waals surface area contributed by atoms with Crippen molar-refractivity contribution in [3.63, 3.8) is 0 Å². The van der Waals surface area contributed by atoms with Crippen molar-refractivity contribution < 1.29 is 25.2 Å². The number of ether oxygens (including phenoxy) is 1. The summed E-state index contributed by atoms with van der Waals surface area (Å²) in [7, 11) is 2.62. The van der Waals surface area contributed by atoms with Gasteiger partial charge in [-0.2, -0.15) is 0 Å². The first-order valence-electron chi connectivity index (χ1n) is 14.2. The molecule has 0 bridgehead atoms. The second-order valence-electron chi connectivity index (χ2n) is 11.2. The third-order valence-corrected chi connectivity index (χ3v) is 8.96. The van der Waals surface area contributed by atoms with Crippen LogP contribution in [0.25, 0.3) is 0 Å².